The smallest absolute Gasteiger partial charge is 0.262 e. The molecule has 104 valence electrons. The molecule has 1 fully saturated rings. The number of nitrogens with one attached hydrogen (secondary N) is 1. The van der Waals surface area contributed by atoms with Gasteiger partial charge in [-0.1, -0.05) is 23.7 Å². The van der Waals surface area contributed by atoms with Crippen LogP contribution in [0.4, 0.5) is 0 Å². The molecular weight excluding hydrogens is 276 g/mol. The van der Waals surface area contributed by atoms with E-state index in [9.17, 15) is 4.79 Å². The third-order valence-electron chi connectivity index (χ3n) is 3.06. The van der Waals surface area contributed by atoms with Crippen LogP contribution in [0, 0.1) is 11.3 Å². The van der Waals surface area contributed by atoms with Crippen molar-refractivity contribution in [2.24, 2.45) is 0 Å². The Morgan fingerprint density at radius 1 is 1.50 bits per heavy atom. The summed E-state index contributed by atoms with van der Waals surface area (Å²) in [5.41, 5.74) is 0.837. The van der Waals surface area contributed by atoms with Crippen LogP contribution in [-0.4, -0.2) is 25.2 Å². The minimum Gasteiger partial charge on any atom is -0.376 e. The van der Waals surface area contributed by atoms with Gasteiger partial charge in [0, 0.05) is 18.2 Å². The zero-order valence-corrected chi connectivity index (χ0v) is 11.7. The van der Waals surface area contributed by atoms with Gasteiger partial charge in [0.25, 0.3) is 5.91 Å². The quantitative estimate of drug-likeness (QED) is 0.685. The van der Waals surface area contributed by atoms with E-state index in [0.717, 1.165) is 25.0 Å². The first kappa shape index (κ1) is 14.6. The number of halogens is 1. The van der Waals surface area contributed by atoms with Crippen LogP contribution >= 0.6 is 11.6 Å². The highest BCUT2D eigenvalue weighted by atomic mass is 35.5. The zero-order valence-electron chi connectivity index (χ0n) is 10.9. The van der Waals surface area contributed by atoms with Crippen LogP contribution in [-0.2, 0) is 9.53 Å². The summed E-state index contributed by atoms with van der Waals surface area (Å²) in [4.78, 5) is 11.9. The first-order valence-electron chi connectivity index (χ1n) is 6.46. The molecule has 0 bridgehead atoms. The summed E-state index contributed by atoms with van der Waals surface area (Å²) in [5, 5.41) is 12.4. The summed E-state index contributed by atoms with van der Waals surface area (Å²) in [6.07, 6.45) is 3.57. The Morgan fingerprint density at radius 3 is 2.85 bits per heavy atom. The SMILES string of the molecule is N#C/C(=C\c1ccc(Cl)cc1)C(=O)NCC1CCCO1. The monoisotopic (exact) mass is 290 g/mol. The average Bonchev–Trinajstić information content (AvgIpc) is 2.97. The van der Waals surface area contributed by atoms with Crippen LogP contribution in [0.15, 0.2) is 29.8 Å². The molecule has 1 aliphatic heterocycles. The molecule has 1 heterocycles. The number of ether oxygens (including phenoxy) is 1. The molecule has 1 unspecified atom stereocenters. The number of rotatable bonds is 4. The van der Waals surface area contributed by atoms with Gasteiger partial charge in [-0.25, -0.2) is 0 Å². The van der Waals surface area contributed by atoms with Crippen molar-refractivity contribution in [3.63, 3.8) is 0 Å². The summed E-state index contributed by atoms with van der Waals surface area (Å²) < 4.78 is 5.42. The van der Waals surface area contributed by atoms with Gasteiger partial charge in [0.1, 0.15) is 11.6 Å². The van der Waals surface area contributed by atoms with Gasteiger partial charge in [-0.2, -0.15) is 5.26 Å². The third kappa shape index (κ3) is 4.09. The van der Waals surface area contributed by atoms with Crippen LogP contribution in [0.5, 0.6) is 0 Å². The van der Waals surface area contributed by atoms with Gasteiger partial charge in [0.05, 0.1) is 6.10 Å². The predicted octanol–water partition coefficient (Wildman–Crippen LogP) is 2.54. The van der Waals surface area contributed by atoms with E-state index in [0.29, 0.717) is 11.6 Å². The Morgan fingerprint density at radius 2 is 2.25 bits per heavy atom. The van der Waals surface area contributed by atoms with Gasteiger partial charge in [-0.05, 0) is 36.6 Å². The number of hydrogen-bond donors (Lipinski definition) is 1. The Balaban J connectivity index is 1.97. The van der Waals surface area contributed by atoms with Crippen LogP contribution in [0.25, 0.3) is 6.08 Å². The fourth-order valence-corrected chi connectivity index (χ4v) is 2.11. The fourth-order valence-electron chi connectivity index (χ4n) is 1.98. The molecule has 0 spiro atoms. The van der Waals surface area contributed by atoms with Crippen LogP contribution < -0.4 is 5.32 Å². The second-order valence-electron chi connectivity index (χ2n) is 4.57. The van der Waals surface area contributed by atoms with Crippen LogP contribution in [0.2, 0.25) is 5.02 Å². The van der Waals surface area contributed by atoms with Crippen molar-refractivity contribution in [3.8, 4) is 6.07 Å². The molecule has 0 aliphatic carbocycles. The lowest BCUT2D eigenvalue weighted by Crippen LogP contribution is -2.32. The van der Waals surface area contributed by atoms with E-state index in [1.54, 1.807) is 30.3 Å². The average molecular weight is 291 g/mol. The highest BCUT2D eigenvalue weighted by Crippen LogP contribution is 2.13. The number of carbonyl (C=O) groups excluding carboxylic acids is 1. The molecule has 0 saturated carbocycles. The normalized spacial score (nSPS) is 18.6. The number of benzene rings is 1. The van der Waals surface area contributed by atoms with E-state index >= 15 is 0 Å². The molecule has 4 nitrogen and oxygen atoms in total. The van der Waals surface area contributed by atoms with E-state index in [2.05, 4.69) is 5.32 Å². The summed E-state index contributed by atoms with van der Waals surface area (Å²) in [6, 6.07) is 8.86. The third-order valence-corrected chi connectivity index (χ3v) is 3.31. The van der Waals surface area contributed by atoms with Crippen molar-refractivity contribution in [2.75, 3.05) is 13.2 Å². The largest absolute Gasteiger partial charge is 0.376 e. The number of hydrogen-bond acceptors (Lipinski definition) is 3. The van der Waals surface area contributed by atoms with Crippen LogP contribution in [0.1, 0.15) is 18.4 Å². The number of carbonyl (C=O) groups is 1. The number of nitrogens with zero attached hydrogens (tertiary/aromatic N) is 1. The Kier molecular flexibility index (Phi) is 5.16. The van der Waals surface area contributed by atoms with Crippen molar-refractivity contribution >= 4 is 23.6 Å². The Hall–Kier alpha value is -1.83. The van der Waals surface area contributed by atoms with Crippen molar-refractivity contribution in [2.45, 2.75) is 18.9 Å². The van der Waals surface area contributed by atoms with Crippen LogP contribution in [0.3, 0.4) is 0 Å². The van der Waals surface area contributed by atoms with Gasteiger partial charge in [-0.3, -0.25) is 4.79 Å². The molecular formula is C15H15ClN2O2. The van der Waals surface area contributed by atoms with E-state index < -0.39 is 0 Å². The molecule has 1 aliphatic rings. The topological polar surface area (TPSA) is 62.1 Å². The lowest BCUT2D eigenvalue weighted by Gasteiger charge is -2.10. The van der Waals surface area contributed by atoms with Gasteiger partial charge in [0.15, 0.2) is 0 Å². The van der Waals surface area contributed by atoms with Crippen molar-refractivity contribution in [3.05, 3.63) is 40.4 Å². The first-order chi connectivity index (χ1) is 9.69. The number of nitriles is 1. The van der Waals surface area contributed by atoms with Gasteiger partial charge < -0.3 is 10.1 Å². The Bertz CT molecular complexity index is 540. The van der Waals surface area contributed by atoms with Crippen molar-refractivity contribution in [1.29, 1.82) is 5.26 Å². The maximum atomic E-state index is 11.9. The molecule has 1 aromatic carbocycles. The highest BCUT2D eigenvalue weighted by Gasteiger charge is 2.17. The Labute approximate surface area is 123 Å². The number of amides is 1. The van der Waals surface area contributed by atoms with E-state index in [4.69, 9.17) is 21.6 Å². The second-order valence-corrected chi connectivity index (χ2v) is 5.00. The molecule has 20 heavy (non-hydrogen) atoms. The standard InChI is InChI=1S/C15H15ClN2O2/c16-13-5-3-11(4-6-13)8-12(9-17)15(19)18-10-14-2-1-7-20-14/h3-6,8,14H,1-2,7,10H2,(H,18,19)/b12-8+. The molecule has 1 aromatic rings. The first-order valence-corrected chi connectivity index (χ1v) is 6.84. The van der Waals surface area contributed by atoms with Crippen molar-refractivity contribution < 1.29 is 9.53 Å². The van der Waals surface area contributed by atoms with Gasteiger partial charge >= 0.3 is 0 Å². The molecule has 1 saturated heterocycles. The molecule has 1 atom stereocenters. The van der Waals surface area contributed by atoms with E-state index in [1.165, 1.54) is 0 Å². The maximum absolute atomic E-state index is 11.9. The molecule has 1 N–H and O–H groups in total. The fraction of sp³-hybridized carbons (Fsp3) is 0.333. The summed E-state index contributed by atoms with van der Waals surface area (Å²) in [6.45, 7) is 1.19. The second kappa shape index (κ2) is 7.09. The molecule has 5 heteroatoms. The molecule has 0 aromatic heterocycles. The zero-order chi connectivity index (χ0) is 14.4. The molecule has 1 amide bonds. The summed E-state index contributed by atoms with van der Waals surface area (Å²) in [7, 11) is 0. The lowest BCUT2D eigenvalue weighted by atomic mass is 10.1. The van der Waals surface area contributed by atoms with Gasteiger partial charge in [-0.15, -0.1) is 0 Å². The molecule has 2 rings (SSSR count). The maximum Gasteiger partial charge on any atom is 0.262 e. The van der Waals surface area contributed by atoms with E-state index in [1.807, 2.05) is 6.07 Å². The van der Waals surface area contributed by atoms with Crippen molar-refractivity contribution in [1.82, 2.24) is 5.32 Å². The minimum absolute atomic E-state index is 0.0643. The minimum atomic E-state index is -0.377. The summed E-state index contributed by atoms with van der Waals surface area (Å²) in [5.74, 6) is -0.377. The van der Waals surface area contributed by atoms with Gasteiger partial charge in [0.2, 0.25) is 0 Å². The lowest BCUT2D eigenvalue weighted by molar-refractivity contribution is -0.117. The summed E-state index contributed by atoms with van der Waals surface area (Å²) >= 11 is 5.79. The highest BCUT2D eigenvalue weighted by molar-refractivity contribution is 6.30. The van der Waals surface area contributed by atoms with E-state index in [-0.39, 0.29) is 17.6 Å². The predicted molar refractivity (Wildman–Crippen MR) is 77.0 cm³/mol. The molecule has 0 radical (unpaired) electrons.